The van der Waals surface area contributed by atoms with Gasteiger partial charge < -0.3 is 0 Å². The van der Waals surface area contributed by atoms with Crippen molar-refractivity contribution in [3.63, 3.8) is 0 Å². The average molecular weight is 416 g/mol. The van der Waals surface area contributed by atoms with Crippen LogP contribution >= 0.6 is 31.3 Å². The second kappa shape index (κ2) is 3.48. The van der Waals surface area contributed by atoms with Crippen molar-refractivity contribution < 1.29 is 72.5 Å². The number of hydrogen-bond acceptors (Lipinski definition) is 16. The number of rotatable bonds is 4. The molecule has 128 valence electrons. The van der Waals surface area contributed by atoms with E-state index in [1.165, 1.54) is 0 Å². The van der Waals surface area contributed by atoms with Crippen molar-refractivity contribution in [3.05, 3.63) is 0 Å². The Morgan fingerprint density at radius 3 is 1.09 bits per heavy atom. The molecule has 8 saturated heterocycles. The maximum Gasteiger partial charge on any atom is 0.493 e. The Morgan fingerprint density at radius 1 is 0.522 bits per heavy atom. The Kier molecular flexibility index (Phi) is 2.21. The summed E-state index contributed by atoms with van der Waals surface area (Å²) in [6, 6.07) is 0. The zero-order chi connectivity index (χ0) is 16.0. The van der Waals surface area contributed by atoms with Crippen LogP contribution in [0.3, 0.4) is 0 Å². The van der Waals surface area contributed by atoms with Crippen LogP contribution in [0.25, 0.3) is 0 Å². The third-order valence-electron chi connectivity index (χ3n) is 2.68. The summed E-state index contributed by atoms with van der Waals surface area (Å²) in [4.78, 5) is 0. The highest BCUT2D eigenvalue weighted by molar-refractivity contribution is 7.54. The largest absolute Gasteiger partial charge is 0.493 e. The van der Waals surface area contributed by atoms with Gasteiger partial charge in [0.2, 0.25) is 0 Å². The van der Waals surface area contributed by atoms with Gasteiger partial charge in [0.05, 0.1) is 0 Å². The zero-order valence-electron chi connectivity index (χ0n) is 9.82. The molecule has 4 bridgehead atoms. The minimum atomic E-state index is -4.32. The van der Waals surface area contributed by atoms with Crippen LogP contribution in [0.5, 0.6) is 0 Å². The molecule has 8 fully saturated rings. The molecule has 20 heteroatoms. The Hall–Kier alpha value is 0.440. The smallest absolute Gasteiger partial charge is 0.227 e. The second-order valence-electron chi connectivity index (χ2n) is 4.38. The summed E-state index contributed by atoms with van der Waals surface area (Å²) in [5.41, 5.74) is 0. The predicted molar refractivity (Wildman–Crippen MR) is 51.6 cm³/mol. The summed E-state index contributed by atoms with van der Waals surface area (Å²) in [6.07, 6.45) is -6.93. The van der Waals surface area contributed by atoms with E-state index in [0.717, 1.165) is 0 Å². The molecule has 0 radical (unpaired) electrons. The Bertz CT molecular complexity index is 709. The van der Waals surface area contributed by atoms with Crippen LogP contribution in [0.15, 0.2) is 0 Å². The average Bonchev–Trinajstić information content (AvgIpc) is 2.17. The molecule has 1 spiro atoms. The van der Waals surface area contributed by atoms with Gasteiger partial charge in [0.1, 0.15) is 0 Å². The van der Waals surface area contributed by atoms with Crippen LogP contribution in [-0.4, -0.2) is 18.5 Å². The molecule has 16 nitrogen and oxygen atoms in total. The minimum absolute atomic E-state index is 2.25. The van der Waals surface area contributed by atoms with E-state index in [2.05, 4.69) is 54.3 Å². The molecular weight excluding hydrogens is 416 g/mol. The lowest BCUT2D eigenvalue weighted by atomic mass is 11.2. The summed E-state index contributed by atoms with van der Waals surface area (Å²) in [7, 11) is -15.8. The molecule has 23 heavy (non-hydrogen) atoms. The predicted octanol–water partition coefficient (Wildman–Crippen LogP) is 1.53. The fourth-order valence-corrected chi connectivity index (χ4v) is 6.82. The molecule has 0 unspecified atom stereocenters. The summed E-state index contributed by atoms with van der Waals surface area (Å²) >= 11 is 0. The van der Waals surface area contributed by atoms with Gasteiger partial charge in [0.25, 0.3) is 0 Å². The highest BCUT2D eigenvalue weighted by atomic mass is 31.2. The van der Waals surface area contributed by atoms with Gasteiger partial charge in [-0.15, -0.1) is 0 Å². The first-order valence-corrected chi connectivity index (χ1v) is 11.2. The molecule has 8 aliphatic heterocycles. The van der Waals surface area contributed by atoms with Gasteiger partial charge in [-0.25, -0.2) is 72.5 Å². The Labute approximate surface area is 123 Å². The highest BCUT2D eigenvalue weighted by Crippen LogP contribution is 2.88. The fraction of sp³-hybridized carbons (Fsp3) is 1.00. The molecule has 0 atom stereocenters. The van der Waals surface area contributed by atoms with Gasteiger partial charge in [0.15, 0.2) is 0 Å². The summed E-state index contributed by atoms with van der Waals surface area (Å²) in [6.45, 7) is 0. The topological polar surface area (TPSA) is 179 Å². The third kappa shape index (κ3) is 1.79. The van der Waals surface area contributed by atoms with Crippen molar-refractivity contribution in [1.29, 1.82) is 0 Å². The molecule has 8 rings (SSSR count). The van der Waals surface area contributed by atoms with E-state index < -0.39 is 49.8 Å². The first kappa shape index (κ1) is 14.6. The quantitative estimate of drug-likeness (QED) is 0.602. The zero-order valence-corrected chi connectivity index (χ0v) is 13.4. The van der Waals surface area contributed by atoms with Crippen LogP contribution in [0, 0.1) is 0 Å². The van der Waals surface area contributed by atoms with Crippen molar-refractivity contribution in [2.45, 2.75) is 18.5 Å². The standard InChI is InChI=1S/C3O16P4/c4-20-8-1(9-20,10-20)14-22(6)16-3(17-22)18-23(7,19-3)15-2-11-21(5,12-2)13-2. The van der Waals surface area contributed by atoms with Crippen LogP contribution < -0.4 is 0 Å². The maximum atomic E-state index is 11.8. The third-order valence-corrected chi connectivity index (χ3v) is 8.05. The van der Waals surface area contributed by atoms with Gasteiger partial charge in [-0.3, -0.25) is 0 Å². The van der Waals surface area contributed by atoms with E-state index in [4.69, 9.17) is 0 Å². The van der Waals surface area contributed by atoms with Gasteiger partial charge >= 0.3 is 49.8 Å². The van der Waals surface area contributed by atoms with Crippen LogP contribution in [-0.2, 0) is 72.5 Å². The second-order valence-corrected chi connectivity index (χ2v) is 10.2. The van der Waals surface area contributed by atoms with Crippen LogP contribution in [0.4, 0.5) is 0 Å². The van der Waals surface area contributed by atoms with E-state index in [9.17, 15) is 18.3 Å². The van der Waals surface area contributed by atoms with Crippen molar-refractivity contribution in [2.24, 2.45) is 0 Å². The van der Waals surface area contributed by atoms with E-state index in [0.29, 0.717) is 0 Å². The summed E-state index contributed by atoms with van der Waals surface area (Å²) < 4.78 is 99.7. The molecular formula is C3O16P4. The van der Waals surface area contributed by atoms with Crippen molar-refractivity contribution in [2.75, 3.05) is 0 Å². The van der Waals surface area contributed by atoms with Gasteiger partial charge in [0, 0.05) is 0 Å². The molecule has 0 saturated carbocycles. The SMILES string of the molecule is O=P12OC(OP3(=O)OC4(O3)OP(=O)(OC35OP(=O)(O3)O5)O4)(O1)O2. The van der Waals surface area contributed by atoms with E-state index in [1.807, 2.05) is 0 Å². The molecule has 0 amide bonds. The lowest BCUT2D eigenvalue weighted by Gasteiger charge is -2.57. The normalized spacial score (nSPS) is 70.3. The van der Waals surface area contributed by atoms with Crippen molar-refractivity contribution >= 4 is 31.3 Å². The molecule has 0 aromatic rings. The lowest BCUT2D eigenvalue weighted by Crippen LogP contribution is -2.63. The van der Waals surface area contributed by atoms with Crippen molar-refractivity contribution in [1.82, 2.24) is 0 Å². The van der Waals surface area contributed by atoms with Gasteiger partial charge in [-0.1, -0.05) is 0 Å². The van der Waals surface area contributed by atoms with Crippen LogP contribution in [0.2, 0.25) is 0 Å². The Morgan fingerprint density at radius 2 is 0.826 bits per heavy atom. The first-order valence-electron chi connectivity index (χ1n) is 5.37. The molecule has 0 aromatic heterocycles. The lowest BCUT2D eigenvalue weighted by molar-refractivity contribution is -0.551. The van der Waals surface area contributed by atoms with E-state index in [-0.39, 0.29) is 0 Å². The number of phosphoric acid groups is 4. The molecule has 8 aliphatic rings. The molecule has 0 N–H and O–H groups in total. The Balaban J connectivity index is 1.07. The van der Waals surface area contributed by atoms with Crippen LogP contribution in [0.1, 0.15) is 0 Å². The number of hydrogen-bond donors (Lipinski definition) is 0. The van der Waals surface area contributed by atoms with E-state index >= 15 is 0 Å². The van der Waals surface area contributed by atoms with E-state index in [1.54, 1.807) is 0 Å². The highest BCUT2D eigenvalue weighted by Gasteiger charge is 2.86. The number of phosphoric ester groups is 4. The monoisotopic (exact) mass is 416 g/mol. The summed E-state index contributed by atoms with van der Waals surface area (Å²) in [5.74, 6) is 0. The van der Waals surface area contributed by atoms with Gasteiger partial charge in [-0.05, 0) is 0 Å². The molecule has 8 heterocycles. The molecule has 0 aromatic carbocycles. The molecule has 0 aliphatic carbocycles. The van der Waals surface area contributed by atoms with Gasteiger partial charge in [-0.2, -0.15) is 0 Å². The maximum absolute atomic E-state index is 11.8. The minimum Gasteiger partial charge on any atom is -0.227 e. The first-order chi connectivity index (χ1) is 10.5. The van der Waals surface area contributed by atoms with Crippen molar-refractivity contribution in [3.8, 4) is 0 Å². The fourth-order valence-electron chi connectivity index (χ4n) is 1.94. The summed E-state index contributed by atoms with van der Waals surface area (Å²) in [5, 5.41) is 0.